The topological polar surface area (TPSA) is 89.3 Å². The van der Waals surface area contributed by atoms with Gasteiger partial charge in [0.2, 0.25) is 0 Å². The number of nitrogens with two attached hydrogens (primary N) is 1. The molecule has 2 amide bonds. The quantitative estimate of drug-likeness (QED) is 0.732. The largest absolute Gasteiger partial charge is 0.479 e. The van der Waals surface area contributed by atoms with Crippen LogP contribution in [0.4, 0.5) is 16.2 Å². The van der Waals surface area contributed by atoms with E-state index in [-0.39, 0.29) is 12.8 Å². The van der Waals surface area contributed by atoms with E-state index in [1.807, 2.05) is 0 Å². The van der Waals surface area contributed by atoms with Crippen molar-refractivity contribution in [1.82, 2.24) is 4.98 Å². The van der Waals surface area contributed by atoms with Crippen molar-refractivity contribution in [2.24, 2.45) is 5.73 Å². The molecule has 0 saturated heterocycles. The van der Waals surface area contributed by atoms with Gasteiger partial charge in [-0.1, -0.05) is 0 Å². The lowest BCUT2D eigenvalue weighted by molar-refractivity contribution is 0.262. The monoisotopic (exact) mass is 258 g/mol. The maximum absolute atomic E-state index is 11.7. The van der Waals surface area contributed by atoms with Gasteiger partial charge in [0.25, 0.3) is 0 Å². The molecule has 0 aliphatic heterocycles. The number of pyridine rings is 1. The Morgan fingerprint density at radius 3 is 2.21 bits per heavy atom. The van der Waals surface area contributed by atoms with Crippen molar-refractivity contribution in [2.45, 2.75) is 0 Å². The van der Waals surface area contributed by atoms with Crippen LogP contribution in [0.3, 0.4) is 0 Å². The molecule has 0 radical (unpaired) electrons. The Morgan fingerprint density at radius 2 is 1.63 bits per heavy atom. The maximum atomic E-state index is 11.7. The van der Waals surface area contributed by atoms with E-state index in [1.54, 1.807) is 48.8 Å². The molecule has 0 saturated carbocycles. The Balaban J connectivity index is 1.91. The number of nitrogens with one attached hydrogen (secondary N) is 2. The van der Waals surface area contributed by atoms with E-state index in [4.69, 9.17) is 10.5 Å². The molecule has 2 rings (SSSR count). The molecule has 0 spiro atoms. The molecule has 1 aromatic carbocycles. The molecular weight excluding hydrogens is 244 g/mol. The van der Waals surface area contributed by atoms with Gasteiger partial charge in [-0.25, -0.2) is 4.79 Å². The molecule has 1 heterocycles. The molecule has 19 heavy (non-hydrogen) atoms. The van der Waals surface area contributed by atoms with Gasteiger partial charge in [0.15, 0.2) is 0 Å². The summed E-state index contributed by atoms with van der Waals surface area (Å²) in [6.45, 7) is 0.120. The minimum Gasteiger partial charge on any atom is -0.479 e. The zero-order valence-electron chi connectivity index (χ0n) is 10.2. The van der Waals surface area contributed by atoms with Crippen LogP contribution in [0.15, 0.2) is 48.8 Å². The molecule has 0 aliphatic carbocycles. The van der Waals surface area contributed by atoms with Gasteiger partial charge in [-0.15, -0.1) is 0 Å². The third-order valence-corrected chi connectivity index (χ3v) is 2.30. The van der Waals surface area contributed by atoms with Crippen molar-refractivity contribution in [3.05, 3.63) is 48.8 Å². The molecule has 2 aromatic rings. The van der Waals surface area contributed by atoms with Gasteiger partial charge >= 0.3 is 6.03 Å². The Bertz CT molecular complexity index is 528. The van der Waals surface area contributed by atoms with Gasteiger partial charge in [0.05, 0.1) is 0 Å². The predicted molar refractivity (Wildman–Crippen MR) is 73.0 cm³/mol. The highest BCUT2D eigenvalue weighted by atomic mass is 16.5. The van der Waals surface area contributed by atoms with Crippen molar-refractivity contribution >= 4 is 17.4 Å². The smallest absolute Gasteiger partial charge is 0.323 e. The third kappa shape index (κ3) is 3.97. The summed E-state index contributed by atoms with van der Waals surface area (Å²) >= 11 is 0. The molecule has 4 N–H and O–H groups in total. The fourth-order valence-electron chi connectivity index (χ4n) is 1.46. The SMILES string of the molecule is NCOc1ccc(NC(=O)Nc2ccncc2)cc1. The second-order valence-corrected chi connectivity index (χ2v) is 3.65. The molecule has 6 nitrogen and oxygen atoms in total. The summed E-state index contributed by atoms with van der Waals surface area (Å²) in [7, 11) is 0. The number of rotatable bonds is 4. The summed E-state index contributed by atoms with van der Waals surface area (Å²) in [5.74, 6) is 0.655. The summed E-state index contributed by atoms with van der Waals surface area (Å²) in [4.78, 5) is 15.6. The van der Waals surface area contributed by atoms with Gasteiger partial charge in [-0.05, 0) is 36.4 Å². The normalized spacial score (nSPS) is 9.74. The van der Waals surface area contributed by atoms with Gasteiger partial charge in [-0.2, -0.15) is 0 Å². The number of hydrogen-bond acceptors (Lipinski definition) is 4. The first kappa shape index (κ1) is 12.8. The zero-order chi connectivity index (χ0) is 13.5. The number of aromatic nitrogens is 1. The second kappa shape index (κ2) is 6.36. The molecule has 1 aromatic heterocycles. The lowest BCUT2D eigenvalue weighted by atomic mass is 10.3. The van der Waals surface area contributed by atoms with Crippen LogP contribution >= 0.6 is 0 Å². The van der Waals surface area contributed by atoms with Gasteiger partial charge in [0, 0.05) is 23.8 Å². The lowest BCUT2D eigenvalue weighted by Crippen LogP contribution is -2.19. The van der Waals surface area contributed by atoms with Gasteiger partial charge in [0.1, 0.15) is 12.5 Å². The van der Waals surface area contributed by atoms with Gasteiger partial charge < -0.3 is 15.4 Å². The highest BCUT2D eigenvalue weighted by Gasteiger charge is 2.02. The van der Waals surface area contributed by atoms with Crippen LogP contribution < -0.4 is 21.1 Å². The lowest BCUT2D eigenvalue weighted by Gasteiger charge is -2.08. The molecule has 0 atom stereocenters. The van der Waals surface area contributed by atoms with Crippen LogP contribution in [-0.2, 0) is 0 Å². The molecular formula is C13H14N4O2. The number of benzene rings is 1. The third-order valence-electron chi connectivity index (χ3n) is 2.30. The summed E-state index contributed by atoms with van der Waals surface area (Å²) in [5.41, 5.74) is 6.60. The summed E-state index contributed by atoms with van der Waals surface area (Å²) in [6.07, 6.45) is 3.21. The molecule has 0 unspecified atom stereocenters. The van der Waals surface area contributed by atoms with Crippen LogP contribution in [0.1, 0.15) is 0 Å². The Labute approximate surface area is 110 Å². The molecule has 98 valence electrons. The fraction of sp³-hybridized carbons (Fsp3) is 0.0769. The van der Waals surface area contributed by atoms with E-state index in [2.05, 4.69) is 15.6 Å². The summed E-state index contributed by atoms with van der Waals surface area (Å²) < 4.78 is 5.10. The minimum absolute atomic E-state index is 0.120. The van der Waals surface area contributed by atoms with Gasteiger partial charge in [-0.3, -0.25) is 10.7 Å². The summed E-state index contributed by atoms with van der Waals surface area (Å²) in [6, 6.07) is 10.0. The first-order valence-corrected chi connectivity index (χ1v) is 5.69. The maximum Gasteiger partial charge on any atom is 0.323 e. The molecule has 0 aliphatic rings. The standard InChI is InChI=1S/C13H14N4O2/c14-9-19-12-3-1-10(2-4-12)16-13(18)17-11-5-7-15-8-6-11/h1-8H,9,14H2,(H2,15,16,17,18). The van der Waals surface area contributed by atoms with Crippen molar-refractivity contribution in [3.8, 4) is 5.75 Å². The molecule has 6 heteroatoms. The average molecular weight is 258 g/mol. The second-order valence-electron chi connectivity index (χ2n) is 3.65. The van der Waals surface area contributed by atoms with Crippen LogP contribution in [0, 0.1) is 0 Å². The number of anilines is 2. The first-order chi connectivity index (χ1) is 9.28. The van der Waals surface area contributed by atoms with E-state index in [0.717, 1.165) is 0 Å². The number of carbonyl (C=O) groups is 1. The van der Waals surface area contributed by atoms with Crippen LogP contribution in [-0.4, -0.2) is 17.7 Å². The summed E-state index contributed by atoms with van der Waals surface area (Å²) in [5, 5.41) is 5.39. The first-order valence-electron chi connectivity index (χ1n) is 5.69. The van der Waals surface area contributed by atoms with Crippen LogP contribution in [0.2, 0.25) is 0 Å². The van der Waals surface area contributed by atoms with Crippen molar-refractivity contribution < 1.29 is 9.53 Å². The highest BCUT2D eigenvalue weighted by Crippen LogP contribution is 2.15. The number of hydrogen-bond donors (Lipinski definition) is 3. The number of urea groups is 1. The van der Waals surface area contributed by atoms with Crippen molar-refractivity contribution in [3.63, 3.8) is 0 Å². The van der Waals surface area contributed by atoms with E-state index in [9.17, 15) is 4.79 Å². The zero-order valence-corrected chi connectivity index (χ0v) is 10.2. The average Bonchev–Trinajstić information content (AvgIpc) is 2.42. The van der Waals surface area contributed by atoms with E-state index >= 15 is 0 Å². The van der Waals surface area contributed by atoms with Crippen LogP contribution in [0.5, 0.6) is 5.75 Å². The van der Waals surface area contributed by atoms with E-state index < -0.39 is 0 Å². The van der Waals surface area contributed by atoms with E-state index in [1.165, 1.54) is 0 Å². The fourth-order valence-corrected chi connectivity index (χ4v) is 1.46. The Morgan fingerprint density at radius 1 is 1.05 bits per heavy atom. The Kier molecular flexibility index (Phi) is 4.30. The van der Waals surface area contributed by atoms with Crippen molar-refractivity contribution in [2.75, 3.05) is 17.4 Å². The van der Waals surface area contributed by atoms with Crippen molar-refractivity contribution in [1.29, 1.82) is 0 Å². The highest BCUT2D eigenvalue weighted by molar-refractivity contribution is 5.99. The van der Waals surface area contributed by atoms with E-state index in [0.29, 0.717) is 17.1 Å². The number of nitrogens with zero attached hydrogens (tertiary/aromatic N) is 1. The predicted octanol–water partition coefficient (Wildman–Crippen LogP) is 2.02. The number of ether oxygens (including phenoxy) is 1. The Hall–Kier alpha value is -2.60. The number of carbonyl (C=O) groups excluding carboxylic acids is 1. The minimum atomic E-state index is -0.321. The molecule has 0 bridgehead atoms. The molecule has 0 fully saturated rings. The number of amides is 2. The van der Waals surface area contributed by atoms with Crippen LogP contribution in [0.25, 0.3) is 0 Å².